The highest BCUT2D eigenvalue weighted by molar-refractivity contribution is 5.95. The van der Waals surface area contributed by atoms with Gasteiger partial charge >= 0.3 is 6.18 Å². The molecule has 0 unspecified atom stereocenters. The van der Waals surface area contributed by atoms with Gasteiger partial charge in [0.2, 0.25) is 0 Å². The normalized spacial score (nSPS) is 11.3. The van der Waals surface area contributed by atoms with Crippen LogP contribution in [0.4, 0.5) is 13.2 Å². The van der Waals surface area contributed by atoms with E-state index in [0.29, 0.717) is 11.3 Å². The smallest absolute Gasteiger partial charge is 0.434 e. The van der Waals surface area contributed by atoms with Gasteiger partial charge in [0.25, 0.3) is 5.91 Å². The molecule has 2 aromatic carbocycles. The van der Waals surface area contributed by atoms with Crippen molar-refractivity contribution in [1.29, 1.82) is 0 Å². The zero-order chi connectivity index (χ0) is 20.3. The van der Waals surface area contributed by atoms with Crippen molar-refractivity contribution in [3.8, 4) is 11.4 Å². The predicted molar refractivity (Wildman–Crippen MR) is 97.5 cm³/mol. The van der Waals surface area contributed by atoms with Crippen LogP contribution < -0.4 is 10.1 Å². The van der Waals surface area contributed by atoms with E-state index in [4.69, 9.17) is 4.74 Å². The summed E-state index contributed by atoms with van der Waals surface area (Å²) in [5, 5.41) is 6.31. The van der Waals surface area contributed by atoms with Gasteiger partial charge in [-0.2, -0.15) is 18.3 Å². The maximum absolute atomic E-state index is 13.7. The maximum Gasteiger partial charge on any atom is 0.434 e. The van der Waals surface area contributed by atoms with Gasteiger partial charge in [-0.15, -0.1) is 0 Å². The predicted octanol–water partition coefficient (Wildman–Crippen LogP) is 4.14. The lowest BCUT2D eigenvalue weighted by Crippen LogP contribution is -2.26. The molecule has 3 rings (SSSR count). The molecule has 0 aliphatic heterocycles. The van der Waals surface area contributed by atoms with Crippen LogP contribution in [0.5, 0.6) is 5.75 Å². The number of nitrogens with one attached hydrogen (secondary N) is 1. The van der Waals surface area contributed by atoms with Gasteiger partial charge in [-0.3, -0.25) is 4.79 Å². The third kappa shape index (κ3) is 4.00. The standard InChI is InChI=1S/C20H18F3N3O2/c1-13-7-9-15(10-8-13)26-18(20(21,22)23)16(12-25-26)19(27)24-11-14-5-3-4-6-17(14)28-2/h3-10,12H,11H2,1-2H3,(H,24,27). The second kappa shape index (κ2) is 7.75. The minimum Gasteiger partial charge on any atom is -0.496 e. The van der Waals surface area contributed by atoms with E-state index < -0.39 is 23.3 Å². The fraction of sp³-hybridized carbons (Fsp3) is 0.200. The van der Waals surface area contributed by atoms with Crippen molar-refractivity contribution >= 4 is 5.91 Å². The topological polar surface area (TPSA) is 56.1 Å². The Bertz CT molecular complexity index is 979. The van der Waals surface area contributed by atoms with E-state index >= 15 is 0 Å². The van der Waals surface area contributed by atoms with E-state index in [2.05, 4.69) is 10.4 Å². The van der Waals surface area contributed by atoms with Crippen LogP contribution in [0, 0.1) is 6.92 Å². The van der Waals surface area contributed by atoms with E-state index in [-0.39, 0.29) is 12.2 Å². The molecule has 0 aliphatic rings. The van der Waals surface area contributed by atoms with Crippen LogP contribution in [0.2, 0.25) is 0 Å². The average molecular weight is 389 g/mol. The van der Waals surface area contributed by atoms with Gasteiger partial charge in [0.05, 0.1) is 24.6 Å². The molecule has 0 bridgehead atoms. The van der Waals surface area contributed by atoms with Crippen LogP contribution >= 0.6 is 0 Å². The summed E-state index contributed by atoms with van der Waals surface area (Å²) in [5.74, 6) is -0.328. The van der Waals surface area contributed by atoms with Gasteiger partial charge in [0, 0.05) is 12.1 Å². The van der Waals surface area contributed by atoms with Crippen LogP contribution in [0.1, 0.15) is 27.2 Å². The van der Waals surface area contributed by atoms with Crippen molar-refractivity contribution in [2.45, 2.75) is 19.6 Å². The molecule has 0 spiro atoms. The molecule has 0 fully saturated rings. The molecule has 8 heteroatoms. The van der Waals surface area contributed by atoms with Crippen molar-refractivity contribution in [1.82, 2.24) is 15.1 Å². The summed E-state index contributed by atoms with van der Waals surface area (Å²) in [7, 11) is 1.48. The Balaban J connectivity index is 1.91. The number of methoxy groups -OCH3 is 1. The number of benzene rings is 2. The van der Waals surface area contributed by atoms with E-state index in [9.17, 15) is 18.0 Å². The Morgan fingerprint density at radius 3 is 2.46 bits per heavy atom. The Hall–Kier alpha value is -3.29. The molecule has 0 saturated carbocycles. The van der Waals surface area contributed by atoms with Crippen LogP contribution in [0.15, 0.2) is 54.7 Å². The van der Waals surface area contributed by atoms with Crippen molar-refractivity contribution in [2.24, 2.45) is 0 Å². The number of para-hydroxylation sites is 1. The molecule has 146 valence electrons. The Labute approximate surface area is 159 Å². The monoisotopic (exact) mass is 389 g/mol. The zero-order valence-corrected chi connectivity index (χ0v) is 15.2. The SMILES string of the molecule is COc1ccccc1CNC(=O)c1cnn(-c2ccc(C)cc2)c1C(F)(F)F. The van der Waals surface area contributed by atoms with Crippen LogP contribution in [0.25, 0.3) is 5.69 Å². The first-order chi connectivity index (χ1) is 13.3. The molecule has 5 nitrogen and oxygen atoms in total. The van der Waals surface area contributed by atoms with Crippen molar-refractivity contribution in [2.75, 3.05) is 7.11 Å². The van der Waals surface area contributed by atoms with Crippen LogP contribution in [-0.2, 0) is 12.7 Å². The Kier molecular flexibility index (Phi) is 5.39. The number of carbonyl (C=O) groups is 1. The highest BCUT2D eigenvalue weighted by Crippen LogP contribution is 2.33. The fourth-order valence-electron chi connectivity index (χ4n) is 2.79. The van der Waals surface area contributed by atoms with Crippen LogP contribution in [0.3, 0.4) is 0 Å². The number of alkyl halides is 3. The zero-order valence-electron chi connectivity index (χ0n) is 15.2. The van der Waals surface area contributed by atoms with Gasteiger partial charge < -0.3 is 10.1 Å². The van der Waals surface area contributed by atoms with Gasteiger partial charge in [-0.1, -0.05) is 35.9 Å². The summed E-state index contributed by atoms with van der Waals surface area (Å²) >= 11 is 0. The number of halogens is 3. The average Bonchev–Trinajstić information content (AvgIpc) is 3.12. The van der Waals surface area contributed by atoms with Gasteiger partial charge in [-0.25, -0.2) is 4.68 Å². The largest absolute Gasteiger partial charge is 0.496 e. The highest BCUT2D eigenvalue weighted by Gasteiger charge is 2.40. The molecule has 28 heavy (non-hydrogen) atoms. The summed E-state index contributed by atoms with van der Waals surface area (Å²) in [6.45, 7) is 1.85. The molecule has 0 radical (unpaired) electrons. The van der Waals surface area contributed by atoms with Crippen molar-refractivity contribution in [3.05, 3.63) is 77.1 Å². The molecule has 0 saturated heterocycles. The second-order valence-corrected chi connectivity index (χ2v) is 6.15. The van der Waals surface area contributed by atoms with E-state index in [0.717, 1.165) is 16.4 Å². The molecule has 1 amide bonds. The first-order valence-corrected chi connectivity index (χ1v) is 8.43. The summed E-state index contributed by atoms with van der Waals surface area (Å²) in [5.41, 5.74) is 0.121. The molecular weight excluding hydrogens is 371 g/mol. The number of amides is 1. The number of hydrogen-bond donors (Lipinski definition) is 1. The van der Waals surface area contributed by atoms with Crippen LogP contribution in [-0.4, -0.2) is 22.8 Å². The second-order valence-electron chi connectivity index (χ2n) is 6.15. The maximum atomic E-state index is 13.7. The molecular formula is C20H18F3N3O2. The van der Waals surface area contributed by atoms with Crippen molar-refractivity contribution < 1.29 is 22.7 Å². The van der Waals surface area contributed by atoms with Crippen molar-refractivity contribution in [3.63, 3.8) is 0 Å². The summed E-state index contributed by atoms with van der Waals surface area (Å²) in [4.78, 5) is 12.5. The summed E-state index contributed by atoms with van der Waals surface area (Å²) in [6, 6.07) is 13.3. The molecule has 1 heterocycles. The first-order valence-electron chi connectivity index (χ1n) is 8.43. The van der Waals surface area contributed by atoms with Gasteiger partial charge in [0.1, 0.15) is 5.75 Å². The number of nitrogens with zero attached hydrogens (tertiary/aromatic N) is 2. The minimum absolute atomic E-state index is 0.0237. The lowest BCUT2D eigenvalue weighted by Gasteiger charge is -2.13. The number of carbonyl (C=O) groups excluding carboxylic acids is 1. The molecule has 0 atom stereocenters. The minimum atomic E-state index is -4.75. The number of aryl methyl sites for hydroxylation is 1. The fourth-order valence-corrected chi connectivity index (χ4v) is 2.79. The third-order valence-electron chi connectivity index (χ3n) is 4.19. The first kappa shape index (κ1) is 19.5. The van der Waals surface area contributed by atoms with E-state index in [1.807, 2.05) is 6.92 Å². The Morgan fingerprint density at radius 2 is 1.82 bits per heavy atom. The summed E-state index contributed by atoms with van der Waals surface area (Å²) < 4.78 is 47.0. The lowest BCUT2D eigenvalue weighted by molar-refractivity contribution is -0.143. The highest BCUT2D eigenvalue weighted by atomic mass is 19.4. The number of ether oxygens (including phenoxy) is 1. The lowest BCUT2D eigenvalue weighted by atomic mass is 10.1. The molecule has 0 aliphatic carbocycles. The number of hydrogen-bond acceptors (Lipinski definition) is 3. The van der Waals surface area contributed by atoms with Gasteiger partial charge in [0.15, 0.2) is 5.69 Å². The summed E-state index contributed by atoms with van der Waals surface area (Å²) in [6.07, 6.45) is -3.82. The quantitative estimate of drug-likeness (QED) is 0.714. The van der Waals surface area contributed by atoms with E-state index in [1.54, 1.807) is 36.4 Å². The van der Waals surface area contributed by atoms with Gasteiger partial charge in [-0.05, 0) is 25.1 Å². The number of aromatic nitrogens is 2. The molecule has 3 aromatic rings. The molecule has 1 aromatic heterocycles. The Morgan fingerprint density at radius 1 is 1.14 bits per heavy atom. The molecule has 1 N–H and O–H groups in total. The third-order valence-corrected chi connectivity index (χ3v) is 4.19. The number of rotatable bonds is 5. The van der Waals surface area contributed by atoms with E-state index in [1.165, 1.54) is 19.2 Å².